The van der Waals surface area contributed by atoms with Gasteiger partial charge < -0.3 is 0 Å². The van der Waals surface area contributed by atoms with Gasteiger partial charge in [-0.05, 0) is 12.1 Å². The Hall–Kier alpha value is -0.700. The Bertz CT molecular complexity index is 597. The fourth-order valence-corrected chi connectivity index (χ4v) is 2.76. The van der Waals surface area contributed by atoms with Gasteiger partial charge >= 0.3 is 0 Å². The standard InChI is InChI=1S/C14H15Cl3N2/c1-14(2,3)12-9(8-15)13(17)19(18-12)11-7-5-4-6-10(11)16/h4-7H,8H2,1-3H3. The third-order valence-electron chi connectivity index (χ3n) is 2.85. The number of aromatic nitrogens is 2. The number of para-hydroxylation sites is 1. The van der Waals surface area contributed by atoms with Crippen LogP contribution in [0.3, 0.4) is 0 Å². The normalized spacial score (nSPS) is 11.9. The summed E-state index contributed by atoms with van der Waals surface area (Å²) in [7, 11) is 0. The van der Waals surface area contributed by atoms with Crippen LogP contribution in [0.15, 0.2) is 24.3 Å². The second-order valence-corrected chi connectivity index (χ2v) is 6.40. The van der Waals surface area contributed by atoms with Crippen molar-refractivity contribution in [2.45, 2.75) is 32.1 Å². The van der Waals surface area contributed by atoms with Gasteiger partial charge in [0.25, 0.3) is 0 Å². The van der Waals surface area contributed by atoms with E-state index in [0.29, 0.717) is 16.1 Å². The highest BCUT2D eigenvalue weighted by atomic mass is 35.5. The minimum absolute atomic E-state index is 0.125. The third kappa shape index (κ3) is 2.76. The van der Waals surface area contributed by atoms with Crippen LogP contribution in [-0.2, 0) is 11.3 Å². The fourth-order valence-electron chi connectivity index (χ4n) is 1.93. The summed E-state index contributed by atoms with van der Waals surface area (Å²) in [6.07, 6.45) is 0. The number of halogens is 3. The Morgan fingerprint density at radius 3 is 2.26 bits per heavy atom. The van der Waals surface area contributed by atoms with Crippen molar-refractivity contribution < 1.29 is 0 Å². The molecule has 0 fully saturated rings. The maximum atomic E-state index is 6.40. The van der Waals surface area contributed by atoms with E-state index in [1.807, 2.05) is 24.3 Å². The molecule has 0 atom stereocenters. The summed E-state index contributed by atoms with van der Waals surface area (Å²) < 4.78 is 1.65. The van der Waals surface area contributed by atoms with E-state index in [-0.39, 0.29) is 5.41 Å². The molecule has 1 aromatic heterocycles. The van der Waals surface area contributed by atoms with Crippen LogP contribution in [-0.4, -0.2) is 9.78 Å². The molecule has 0 amide bonds. The molecule has 2 rings (SSSR count). The number of benzene rings is 1. The van der Waals surface area contributed by atoms with Crippen LogP contribution in [0.4, 0.5) is 0 Å². The Labute approximate surface area is 128 Å². The van der Waals surface area contributed by atoms with Crippen LogP contribution in [0.2, 0.25) is 10.2 Å². The molecule has 0 radical (unpaired) electrons. The van der Waals surface area contributed by atoms with Gasteiger partial charge in [-0.1, -0.05) is 56.1 Å². The number of alkyl halides is 1. The summed E-state index contributed by atoms with van der Waals surface area (Å²) in [6, 6.07) is 7.46. The van der Waals surface area contributed by atoms with Gasteiger partial charge in [-0.15, -0.1) is 11.6 Å². The zero-order chi connectivity index (χ0) is 14.2. The second-order valence-electron chi connectivity index (χ2n) is 5.36. The van der Waals surface area contributed by atoms with Crippen LogP contribution in [0, 0.1) is 0 Å². The van der Waals surface area contributed by atoms with Gasteiger partial charge in [0.15, 0.2) is 0 Å². The maximum Gasteiger partial charge on any atom is 0.137 e. The smallest absolute Gasteiger partial charge is 0.137 e. The molecule has 102 valence electrons. The maximum absolute atomic E-state index is 6.40. The first kappa shape index (κ1) is 14.7. The molecule has 0 aliphatic rings. The van der Waals surface area contributed by atoms with E-state index in [1.165, 1.54) is 0 Å². The lowest BCUT2D eigenvalue weighted by Crippen LogP contribution is -2.14. The topological polar surface area (TPSA) is 17.8 Å². The van der Waals surface area contributed by atoms with Gasteiger partial charge in [0.1, 0.15) is 5.15 Å². The minimum Gasteiger partial charge on any atom is -0.220 e. The Morgan fingerprint density at radius 1 is 1.16 bits per heavy atom. The van der Waals surface area contributed by atoms with E-state index in [9.17, 15) is 0 Å². The van der Waals surface area contributed by atoms with Gasteiger partial charge in [0, 0.05) is 11.0 Å². The Balaban J connectivity index is 2.67. The lowest BCUT2D eigenvalue weighted by Gasteiger charge is -2.16. The highest BCUT2D eigenvalue weighted by Crippen LogP contribution is 2.34. The van der Waals surface area contributed by atoms with Crippen LogP contribution in [0.25, 0.3) is 5.69 Å². The Kier molecular flexibility index (Phi) is 4.14. The summed E-state index contributed by atoms with van der Waals surface area (Å²) in [6.45, 7) is 6.25. The molecule has 2 aromatic rings. The van der Waals surface area contributed by atoms with Gasteiger partial charge in [-0.25, -0.2) is 4.68 Å². The molecule has 5 heteroatoms. The summed E-state index contributed by atoms with van der Waals surface area (Å²) in [5.41, 5.74) is 2.39. The molecule has 1 aromatic carbocycles. The van der Waals surface area contributed by atoms with Crippen molar-refractivity contribution in [3.63, 3.8) is 0 Å². The summed E-state index contributed by atoms with van der Waals surface area (Å²) in [5.74, 6) is 0.329. The molecule has 0 unspecified atom stereocenters. The average molecular weight is 318 g/mol. The minimum atomic E-state index is -0.125. The summed E-state index contributed by atoms with van der Waals surface area (Å²) in [5, 5.41) is 5.73. The molecule has 0 aliphatic carbocycles. The van der Waals surface area contributed by atoms with Crippen LogP contribution >= 0.6 is 34.8 Å². The molecular weight excluding hydrogens is 303 g/mol. The second kappa shape index (κ2) is 5.35. The molecule has 0 aliphatic heterocycles. The quantitative estimate of drug-likeness (QED) is 0.695. The number of rotatable bonds is 2. The van der Waals surface area contributed by atoms with Crippen molar-refractivity contribution in [1.82, 2.24) is 9.78 Å². The van der Waals surface area contributed by atoms with Crippen LogP contribution in [0.1, 0.15) is 32.0 Å². The fraction of sp³-hybridized carbons (Fsp3) is 0.357. The predicted octanol–water partition coefficient (Wildman–Crippen LogP) is 5.22. The van der Waals surface area contributed by atoms with Crippen molar-refractivity contribution in [3.05, 3.63) is 45.7 Å². The monoisotopic (exact) mass is 316 g/mol. The van der Waals surface area contributed by atoms with E-state index >= 15 is 0 Å². The van der Waals surface area contributed by atoms with Crippen molar-refractivity contribution in [2.24, 2.45) is 0 Å². The van der Waals surface area contributed by atoms with Crippen molar-refractivity contribution in [3.8, 4) is 5.69 Å². The molecule has 1 heterocycles. The first-order chi connectivity index (χ1) is 8.86. The Morgan fingerprint density at radius 2 is 1.79 bits per heavy atom. The number of hydrogen-bond acceptors (Lipinski definition) is 1. The SMILES string of the molecule is CC(C)(C)c1nn(-c2ccccc2Cl)c(Cl)c1CCl. The van der Waals surface area contributed by atoms with Gasteiger partial charge in [0.2, 0.25) is 0 Å². The molecular formula is C14H15Cl3N2. The third-order valence-corrected chi connectivity index (χ3v) is 3.82. The van der Waals surface area contributed by atoms with Crippen LogP contribution in [0.5, 0.6) is 0 Å². The number of nitrogens with zero attached hydrogens (tertiary/aromatic N) is 2. The zero-order valence-electron chi connectivity index (χ0n) is 11.0. The van der Waals surface area contributed by atoms with Crippen molar-refractivity contribution in [1.29, 1.82) is 0 Å². The summed E-state index contributed by atoms with van der Waals surface area (Å²) in [4.78, 5) is 0. The van der Waals surface area contributed by atoms with E-state index in [4.69, 9.17) is 34.8 Å². The first-order valence-corrected chi connectivity index (χ1v) is 7.24. The molecule has 0 N–H and O–H groups in total. The summed E-state index contributed by atoms with van der Waals surface area (Å²) >= 11 is 18.6. The van der Waals surface area contributed by atoms with E-state index in [0.717, 1.165) is 16.9 Å². The van der Waals surface area contributed by atoms with Crippen molar-refractivity contribution in [2.75, 3.05) is 0 Å². The van der Waals surface area contributed by atoms with E-state index in [2.05, 4.69) is 25.9 Å². The van der Waals surface area contributed by atoms with Gasteiger partial charge in [0.05, 0.1) is 22.3 Å². The largest absolute Gasteiger partial charge is 0.220 e. The lowest BCUT2D eigenvalue weighted by atomic mass is 9.90. The highest BCUT2D eigenvalue weighted by molar-refractivity contribution is 6.33. The molecule has 2 nitrogen and oxygen atoms in total. The molecule has 0 saturated carbocycles. The average Bonchev–Trinajstić information content (AvgIpc) is 2.67. The predicted molar refractivity (Wildman–Crippen MR) is 81.8 cm³/mol. The number of hydrogen-bond donors (Lipinski definition) is 0. The van der Waals surface area contributed by atoms with Crippen LogP contribution < -0.4 is 0 Å². The molecule has 0 spiro atoms. The van der Waals surface area contributed by atoms with E-state index in [1.54, 1.807) is 4.68 Å². The van der Waals surface area contributed by atoms with E-state index < -0.39 is 0 Å². The zero-order valence-corrected chi connectivity index (χ0v) is 13.3. The highest BCUT2D eigenvalue weighted by Gasteiger charge is 2.26. The molecule has 0 saturated heterocycles. The van der Waals surface area contributed by atoms with Crippen molar-refractivity contribution >= 4 is 34.8 Å². The molecule has 0 bridgehead atoms. The first-order valence-electron chi connectivity index (χ1n) is 5.95. The molecule has 19 heavy (non-hydrogen) atoms. The van der Waals surface area contributed by atoms with Gasteiger partial charge in [-0.3, -0.25) is 0 Å². The lowest BCUT2D eigenvalue weighted by molar-refractivity contribution is 0.556. The van der Waals surface area contributed by atoms with Gasteiger partial charge in [-0.2, -0.15) is 5.10 Å².